The lowest BCUT2D eigenvalue weighted by Crippen LogP contribution is -2.26. The molecule has 0 amide bonds. The summed E-state index contributed by atoms with van der Waals surface area (Å²) < 4.78 is 10.2. The zero-order valence-electron chi connectivity index (χ0n) is 12.0. The number of hydrogen-bond acceptors (Lipinski definition) is 6. The van der Waals surface area contributed by atoms with Crippen LogP contribution in [-0.2, 0) is 0 Å². The van der Waals surface area contributed by atoms with E-state index in [4.69, 9.17) is 15.0 Å². The minimum atomic E-state index is -0.306. The molecule has 20 heavy (non-hydrogen) atoms. The van der Waals surface area contributed by atoms with Crippen molar-refractivity contribution in [3.05, 3.63) is 24.2 Å². The number of pyridine rings is 1. The smallest absolute Gasteiger partial charge is 0.244 e. The third kappa shape index (κ3) is 3.46. The van der Waals surface area contributed by atoms with Gasteiger partial charge in [-0.3, -0.25) is 0 Å². The predicted molar refractivity (Wildman–Crippen MR) is 77.7 cm³/mol. The van der Waals surface area contributed by atoms with Gasteiger partial charge in [-0.2, -0.15) is 4.98 Å². The number of aromatic nitrogens is 3. The summed E-state index contributed by atoms with van der Waals surface area (Å²) in [6, 6.07) is 3.26. The molecule has 2 heterocycles. The van der Waals surface area contributed by atoms with E-state index in [-0.39, 0.29) is 23.9 Å². The SMILES string of the molecule is COc1ccc(-c2noc([C@@H](N)C(C)(C)C)n2)cn1.Cl. The lowest BCUT2D eigenvalue weighted by Gasteiger charge is -2.23. The number of methoxy groups -OCH3 is 1. The van der Waals surface area contributed by atoms with Crippen molar-refractivity contribution in [2.24, 2.45) is 11.1 Å². The Morgan fingerprint density at radius 2 is 2.00 bits per heavy atom. The number of nitrogens with zero attached hydrogens (tertiary/aromatic N) is 3. The summed E-state index contributed by atoms with van der Waals surface area (Å²) in [5.74, 6) is 1.45. The summed E-state index contributed by atoms with van der Waals surface area (Å²) in [6.45, 7) is 6.07. The van der Waals surface area contributed by atoms with Crippen LogP contribution >= 0.6 is 12.4 Å². The van der Waals surface area contributed by atoms with Crippen molar-refractivity contribution < 1.29 is 9.26 Å². The molecule has 6 nitrogen and oxygen atoms in total. The summed E-state index contributed by atoms with van der Waals surface area (Å²) >= 11 is 0. The van der Waals surface area contributed by atoms with Crippen LogP contribution in [0.15, 0.2) is 22.9 Å². The van der Waals surface area contributed by atoms with Crippen LogP contribution in [0.25, 0.3) is 11.4 Å². The van der Waals surface area contributed by atoms with Crippen LogP contribution in [0.1, 0.15) is 32.7 Å². The summed E-state index contributed by atoms with van der Waals surface area (Å²) in [5.41, 5.74) is 6.70. The Bertz CT molecular complexity index is 548. The second-order valence-electron chi connectivity index (χ2n) is 5.39. The Hall–Kier alpha value is -1.66. The highest BCUT2D eigenvalue weighted by atomic mass is 35.5. The fourth-order valence-electron chi connectivity index (χ4n) is 1.48. The Labute approximate surface area is 124 Å². The summed E-state index contributed by atoms with van der Waals surface area (Å²) in [5, 5.41) is 3.93. The highest BCUT2D eigenvalue weighted by molar-refractivity contribution is 5.85. The molecule has 0 aliphatic carbocycles. The quantitative estimate of drug-likeness (QED) is 0.937. The van der Waals surface area contributed by atoms with E-state index in [1.165, 1.54) is 0 Å². The van der Waals surface area contributed by atoms with Gasteiger partial charge in [-0.15, -0.1) is 12.4 Å². The molecule has 0 radical (unpaired) electrons. The van der Waals surface area contributed by atoms with Crippen molar-refractivity contribution in [3.8, 4) is 17.3 Å². The fraction of sp³-hybridized carbons (Fsp3) is 0.462. The van der Waals surface area contributed by atoms with Gasteiger partial charge in [0, 0.05) is 17.8 Å². The molecule has 0 saturated carbocycles. The van der Waals surface area contributed by atoms with Gasteiger partial charge in [0.05, 0.1) is 13.2 Å². The van der Waals surface area contributed by atoms with Gasteiger partial charge in [0.2, 0.25) is 17.6 Å². The molecule has 0 fully saturated rings. The van der Waals surface area contributed by atoms with Crippen molar-refractivity contribution in [2.75, 3.05) is 7.11 Å². The monoisotopic (exact) mass is 298 g/mol. The average molecular weight is 299 g/mol. The van der Waals surface area contributed by atoms with E-state index in [0.717, 1.165) is 5.56 Å². The van der Waals surface area contributed by atoms with Gasteiger partial charge in [0.15, 0.2) is 0 Å². The lowest BCUT2D eigenvalue weighted by atomic mass is 9.87. The Balaban J connectivity index is 0.00000200. The fourth-order valence-corrected chi connectivity index (χ4v) is 1.48. The molecule has 1 atom stereocenters. The van der Waals surface area contributed by atoms with Crippen LogP contribution in [0.4, 0.5) is 0 Å². The molecular weight excluding hydrogens is 280 g/mol. The van der Waals surface area contributed by atoms with Crippen molar-refractivity contribution in [1.82, 2.24) is 15.1 Å². The molecule has 0 spiro atoms. The molecule has 7 heteroatoms. The molecule has 0 saturated heterocycles. The van der Waals surface area contributed by atoms with Gasteiger partial charge in [-0.1, -0.05) is 25.9 Å². The molecule has 0 aromatic carbocycles. The first-order valence-electron chi connectivity index (χ1n) is 6.01. The zero-order valence-corrected chi connectivity index (χ0v) is 12.8. The number of rotatable bonds is 3. The average Bonchev–Trinajstić information content (AvgIpc) is 2.86. The molecule has 0 bridgehead atoms. The third-order valence-electron chi connectivity index (χ3n) is 2.84. The molecular formula is C13H19ClN4O2. The van der Waals surface area contributed by atoms with E-state index in [1.54, 1.807) is 19.4 Å². The van der Waals surface area contributed by atoms with Gasteiger partial charge >= 0.3 is 0 Å². The van der Waals surface area contributed by atoms with E-state index in [9.17, 15) is 0 Å². The summed E-state index contributed by atoms with van der Waals surface area (Å²) in [6.07, 6.45) is 1.63. The van der Waals surface area contributed by atoms with Gasteiger partial charge in [0.1, 0.15) is 0 Å². The maximum absolute atomic E-state index is 6.08. The van der Waals surface area contributed by atoms with Crippen LogP contribution in [0, 0.1) is 5.41 Å². The van der Waals surface area contributed by atoms with E-state index in [2.05, 4.69) is 15.1 Å². The molecule has 0 aliphatic heterocycles. The van der Waals surface area contributed by atoms with E-state index in [0.29, 0.717) is 17.6 Å². The highest BCUT2D eigenvalue weighted by Crippen LogP contribution is 2.30. The zero-order chi connectivity index (χ0) is 14.0. The second-order valence-corrected chi connectivity index (χ2v) is 5.39. The van der Waals surface area contributed by atoms with Crippen LogP contribution in [0.5, 0.6) is 5.88 Å². The van der Waals surface area contributed by atoms with Gasteiger partial charge in [-0.25, -0.2) is 4.98 Å². The van der Waals surface area contributed by atoms with Crippen LogP contribution in [0.2, 0.25) is 0 Å². The molecule has 2 rings (SSSR count). The number of nitrogens with two attached hydrogens (primary N) is 1. The summed E-state index contributed by atoms with van der Waals surface area (Å²) in [7, 11) is 1.57. The predicted octanol–water partition coefficient (Wildman–Crippen LogP) is 2.61. The van der Waals surface area contributed by atoms with E-state index >= 15 is 0 Å². The van der Waals surface area contributed by atoms with Crippen LogP contribution < -0.4 is 10.5 Å². The normalized spacial score (nSPS) is 12.7. The number of hydrogen-bond donors (Lipinski definition) is 1. The maximum Gasteiger partial charge on any atom is 0.244 e. The first kappa shape index (κ1) is 16.4. The standard InChI is InChI=1S/C13H18N4O2.ClH/c1-13(2,3)10(14)12-16-11(17-19-12)8-5-6-9(18-4)15-7-8;/h5-7,10H,14H2,1-4H3;1H/t10-;/m1./s1. The van der Waals surface area contributed by atoms with Gasteiger partial charge in [-0.05, 0) is 11.5 Å². The van der Waals surface area contributed by atoms with E-state index < -0.39 is 0 Å². The minimum absolute atomic E-state index is 0. The minimum Gasteiger partial charge on any atom is -0.481 e. The number of halogens is 1. The maximum atomic E-state index is 6.08. The Morgan fingerprint density at radius 1 is 1.30 bits per heavy atom. The number of ether oxygens (including phenoxy) is 1. The molecule has 0 aliphatic rings. The van der Waals surface area contributed by atoms with Gasteiger partial charge in [0.25, 0.3) is 0 Å². The topological polar surface area (TPSA) is 87.1 Å². The van der Waals surface area contributed by atoms with E-state index in [1.807, 2.05) is 26.8 Å². The largest absolute Gasteiger partial charge is 0.481 e. The Morgan fingerprint density at radius 3 is 2.50 bits per heavy atom. The molecule has 2 aromatic rings. The van der Waals surface area contributed by atoms with Crippen LogP contribution in [0.3, 0.4) is 0 Å². The van der Waals surface area contributed by atoms with Gasteiger partial charge < -0.3 is 15.0 Å². The Kier molecular flexibility index (Phi) is 5.08. The lowest BCUT2D eigenvalue weighted by molar-refractivity contribution is 0.253. The first-order chi connectivity index (χ1) is 8.91. The molecule has 110 valence electrons. The first-order valence-corrected chi connectivity index (χ1v) is 6.01. The van der Waals surface area contributed by atoms with Crippen molar-refractivity contribution in [3.63, 3.8) is 0 Å². The third-order valence-corrected chi connectivity index (χ3v) is 2.84. The van der Waals surface area contributed by atoms with Crippen molar-refractivity contribution >= 4 is 12.4 Å². The summed E-state index contributed by atoms with van der Waals surface area (Å²) in [4.78, 5) is 8.42. The molecule has 0 unspecified atom stereocenters. The van der Waals surface area contributed by atoms with Crippen molar-refractivity contribution in [1.29, 1.82) is 0 Å². The highest BCUT2D eigenvalue weighted by Gasteiger charge is 2.27. The van der Waals surface area contributed by atoms with Crippen molar-refractivity contribution in [2.45, 2.75) is 26.8 Å². The second kappa shape index (κ2) is 6.19. The molecule has 2 aromatic heterocycles. The molecule has 2 N–H and O–H groups in total. The van der Waals surface area contributed by atoms with Crippen LogP contribution in [-0.4, -0.2) is 22.2 Å².